The largest absolute Gasteiger partial charge is 0.492 e. The van der Waals surface area contributed by atoms with Gasteiger partial charge in [0.05, 0.1) is 18.7 Å². The first kappa shape index (κ1) is 36.3. The van der Waals surface area contributed by atoms with Crippen LogP contribution in [0.15, 0.2) is 65.3 Å². The van der Waals surface area contributed by atoms with Gasteiger partial charge in [-0.15, -0.1) is 5.10 Å². The van der Waals surface area contributed by atoms with Gasteiger partial charge in [-0.1, -0.05) is 66.7 Å². The summed E-state index contributed by atoms with van der Waals surface area (Å²) in [6, 6.07) is 14.8. The normalized spacial score (nSPS) is 19.5. The van der Waals surface area contributed by atoms with Gasteiger partial charge < -0.3 is 30.1 Å². The Morgan fingerprint density at radius 1 is 0.942 bits per heavy atom. The summed E-state index contributed by atoms with van der Waals surface area (Å²) in [4.78, 5) is 56.3. The number of hydrogen-bond acceptors (Lipinski definition) is 9. The van der Waals surface area contributed by atoms with Crippen molar-refractivity contribution in [3.05, 3.63) is 94.6 Å². The Kier molecular flexibility index (Phi) is 11.9. The average Bonchev–Trinajstić information content (AvgIpc) is 3.78. The van der Waals surface area contributed by atoms with Gasteiger partial charge in [0.1, 0.15) is 30.2 Å². The Balaban J connectivity index is 1.25. The van der Waals surface area contributed by atoms with Crippen molar-refractivity contribution in [3.8, 4) is 5.75 Å². The molecule has 0 saturated carbocycles. The third-order valence-corrected chi connectivity index (χ3v) is 9.38. The van der Waals surface area contributed by atoms with E-state index in [0.29, 0.717) is 43.3 Å². The second kappa shape index (κ2) is 17.1. The molecule has 52 heavy (non-hydrogen) atoms. The number of amides is 4. The third kappa shape index (κ3) is 9.42. The minimum absolute atomic E-state index is 0.0421. The molecule has 2 atom stereocenters. The summed E-state index contributed by atoms with van der Waals surface area (Å²) in [7, 11) is 0. The molecule has 0 radical (unpaired) electrons. The maximum Gasteiger partial charge on any atom is 0.276 e. The second-order valence-electron chi connectivity index (χ2n) is 13.7. The minimum atomic E-state index is -0.940. The zero-order valence-electron chi connectivity index (χ0n) is 29.7. The number of ether oxygens (including phenoxy) is 1. The number of nitrogens with one attached hydrogen (secondary N) is 3. The smallest absolute Gasteiger partial charge is 0.276 e. The molecule has 6 rings (SSSR count). The summed E-state index contributed by atoms with van der Waals surface area (Å²) in [6.07, 6.45) is 5.94. The standard InChI is InChI=1S/C38H46N8O6/c1-25(2)34-37(49)40-31(22-26-9-4-3-5-10-26)36(48)39-16-18-45(38(50)35-30-13-6-7-14-32(30)52-43-35)17-15-28-24-46(44-42-28)19-20-51-29-12-8-11-27(21-29)23-33(47)41-34/h3-5,8-12,21,24-25,31,34H,6-7,13-20,22-23H2,1-2H3,(H,39,48)(H,40,49)(H,41,47)/t31-,34+/m0/s1. The first-order valence-electron chi connectivity index (χ1n) is 18.0. The summed E-state index contributed by atoms with van der Waals surface area (Å²) in [6.45, 7) is 5.05. The van der Waals surface area contributed by atoms with E-state index in [2.05, 4.69) is 31.4 Å². The molecule has 14 nitrogen and oxygen atoms in total. The number of aryl methyl sites for hydroxylation is 1. The quantitative estimate of drug-likeness (QED) is 0.288. The van der Waals surface area contributed by atoms with E-state index in [1.165, 1.54) is 0 Å². The van der Waals surface area contributed by atoms with Crippen LogP contribution in [0.4, 0.5) is 0 Å². The van der Waals surface area contributed by atoms with E-state index in [-0.39, 0.29) is 43.7 Å². The molecule has 0 unspecified atom stereocenters. The van der Waals surface area contributed by atoms with Crippen molar-refractivity contribution in [2.45, 2.75) is 77.4 Å². The molecule has 274 valence electrons. The molecule has 0 fully saturated rings. The van der Waals surface area contributed by atoms with Gasteiger partial charge >= 0.3 is 0 Å². The summed E-state index contributed by atoms with van der Waals surface area (Å²) in [5, 5.41) is 21.4. The van der Waals surface area contributed by atoms with Crippen LogP contribution >= 0.6 is 0 Å². The van der Waals surface area contributed by atoms with Crippen LogP contribution < -0.4 is 20.7 Å². The first-order valence-corrected chi connectivity index (χ1v) is 18.0. The van der Waals surface area contributed by atoms with Crippen molar-refractivity contribution in [1.82, 2.24) is 41.0 Å². The van der Waals surface area contributed by atoms with E-state index in [9.17, 15) is 19.2 Å². The van der Waals surface area contributed by atoms with Crippen molar-refractivity contribution in [3.63, 3.8) is 0 Å². The Hall–Kier alpha value is -5.53. The molecular weight excluding hydrogens is 664 g/mol. The van der Waals surface area contributed by atoms with Crippen LogP contribution in [0.25, 0.3) is 0 Å². The SMILES string of the molecule is CC(C)[C@H]1NC(=O)Cc2cccc(c2)OCCn2cc(nn2)CCN(C(=O)c2noc3c2CCCC3)CCNC(=O)[C@H](Cc2ccccc2)NC1=O. The number of benzene rings is 2. The molecule has 4 bridgehead atoms. The van der Waals surface area contributed by atoms with Crippen molar-refractivity contribution in [2.75, 3.05) is 26.2 Å². The Morgan fingerprint density at radius 3 is 2.60 bits per heavy atom. The van der Waals surface area contributed by atoms with Crippen LogP contribution in [0.1, 0.15) is 65.3 Å². The van der Waals surface area contributed by atoms with Crippen molar-refractivity contribution >= 4 is 23.6 Å². The lowest BCUT2D eigenvalue weighted by Crippen LogP contribution is -2.56. The van der Waals surface area contributed by atoms with Crippen molar-refractivity contribution < 1.29 is 28.4 Å². The predicted molar refractivity (Wildman–Crippen MR) is 190 cm³/mol. The number of aromatic nitrogens is 4. The predicted octanol–water partition coefficient (Wildman–Crippen LogP) is 2.45. The van der Waals surface area contributed by atoms with Crippen LogP contribution in [0.5, 0.6) is 5.75 Å². The van der Waals surface area contributed by atoms with Crippen LogP contribution in [0.2, 0.25) is 0 Å². The number of carbonyl (C=O) groups excluding carboxylic acids is 4. The van der Waals surface area contributed by atoms with Gasteiger partial charge in [-0.2, -0.15) is 0 Å². The lowest BCUT2D eigenvalue weighted by molar-refractivity contribution is -0.132. The molecule has 2 aliphatic rings. The number of nitrogens with zero attached hydrogens (tertiary/aromatic N) is 5. The van der Waals surface area contributed by atoms with Crippen LogP contribution in [-0.2, 0) is 53.0 Å². The average molecular weight is 711 g/mol. The molecule has 4 amide bonds. The molecule has 3 heterocycles. The van der Waals surface area contributed by atoms with Gasteiger partial charge in [-0.05, 0) is 48.4 Å². The molecule has 2 aromatic carbocycles. The van der Waals surface area contributed by atoms with Crippen LogP contribution in [0, 0.1) is 5.92 Å². The van der Waals surface area contributed by atoms with E-state index in [4.69, 9.17) is 9.26 Å². The monoisotopic (exact) mass is 710 g/mol. The highest BCUT2D eigenvalue weighted by Gasteiger charge is 2.31. The van der Waals surface area contributed by atoms with Crippen molar-refractivity contribution in [1.29, 1.82) is 0 Å². The third-order valence-electron chi connectivity index (χ3n) is 9.38. The number of carbonyl (C=O) groups is 4. The van der Waals surface area contributed by atoms with E-state index >= 15 is 0 Å². The Morgan fingerprint density at radius 2 is 1.77 bits per heavy atom. The van der Waals surface area contributed by atoms with E-state index in [1.54, 1.807) is 15.6 Å². The van der Waals surface area contributed by atoms with E-state index < -0.39 is 23.9 Å². The fourth-order valence-corrected chi connectivity index (χ4v) is 6.53. The number of rotatable bonds is 4. The lowest BCUT2D eigenvalue weighted by atomic mass is 9.96. The topological polar surface area (TPSA) is 174 Å². The summed E-state index contributed by atoms with van der Waals surface area (Å²) in [5.74, 6) is -0.384. The number of fused-ring (bicyclic) bond motifs is 5. The summed E-state index contributed by atoms with van der Waals surface area (Å²) < 4.78 is 13.2. The Bertz CT molecular complexity index is 1850. The molecule has 0 saturated heterocycles. The Labute approximate surface area is 302 Å². The highest BCUT2D eigenvalue weighted by atomic mass is 16.5. The minimum Gasteiger partial charge on any atom is -0.492 e. The van der Waals surface area contributed by atoms with Gasteiger partial charge in [0.25, 0.3) is 5.91 Å². The van der Waals surface area contributed by atoms with Crippen LogP contribution in [0.3, 0.4) is 0 Å². The zero-order valence-corrected chi connectivity index (χ0v) is 29.7. The van der Waals surface area contributed by atoms with E-state index in [0.717, 1.165) is 48.1 Å². The fourth-order valence-electron chi connectivity index (χ4n) is 6.53. The van der Waals surface area contributed by atoms with Gasteiger partial charge in [0.2, 0.25) is 17.7 Å². The molecule has 1 aliphatic carbocycles. The van der Waals surface area contributed by atoms with Gasteiger partial charge in [0, 0.05) is 50.7 Å². The van der Waals surface area contributed by atoms with Gasteiger partial charge in [-0.3, -0.25) is 19.2 Å². The van der Waals surface area contributed by atoms with Gasteiger partial charge in [-0.25, -0.2) is 4.68 Å². The molecule has 14 heteroatoms. The molecule has 4 aromatic rings. The maximum atomic E-state index is 13.9. The highest BCUT2D eigenvalue weighted by molar-refractivity contribution is 5.94. The second-order valence-corrected chi connectivity index (χ2v) is 13.7. The number of hydrogen-bond donors (Lipinski definition) is 3. The summed E-state index contributed by atoms with van der Waals surface area (Å²) in [5.41, 5.74) is 3.43. The van der Waals surface area contributed by atoms with Gasteiger partial charge in [0.15, 0.2) is 5.69 Å². The molecular formula is C38H46N8O6. The fraction of sp³-hybridized carbons (Fsp3) is 0.447. The zero-order chi connectivity index (χ0) is 36.5. The molecule has 1 aliphatic heterocycles. The van der Waals surface area contributed by atoms with Crippen molar-refractivity contribution in [2.24, 2.45) is 5.92 Å². The lowest BCUT2D eigenvalue weighted by Gasteiger charge is -2.26. The first-order chi connectivity index (χ1) is 25.2. The highest BCUT2D eigenvalue weighted by Crippen LogP contribution is 2.25. The van der Waals surface area contributed by atoms with E-state index in [1.807, 2.05) is 68.6 Å². The maximum absolute atomic E-state index is 13.9. The summed E-state index contributed by atoms with van der Waals surface area (Å²) >= 11 is 0. The molecule has 3 N–H and O–H groups in total. The molecule has 0 spiro atoms. The van der Waals surface area contributed by atoms with Crippen LogP contribution in [-0.4, -0.2) is 87.0 Å². The molecule has 2 aromatic heterocycles.